The first-order chi connectivity index (χ1) is 24.7. The predicted octanol–water partition coefficient (Wildman–Crippen LogP) is 9.77. The van der Waals surface area contributed by atoms with Gasteiger partial charge < -0.3 is 24.6 Å². The first-order valence-electron chi connectivity index (χ1n) is 19.6. The van der Waals surface area contributed by atoms with Gasteiger partial charge in [0.05, 0.1) is 19.8 Å². The third kappa shape index (κ3) is 36.1. The molecule has 0 heterocycles. The van der Waals surface area contributed by atoms with Crippen LogP contribution in [0.3, 0.4) is 0 Å². The highest BCUT2D eigenvalue weighted by Crippen LogP contribution is 2.43. The summed E-state index contributed by atoms with van der Waals surface area (Å²) in [4.78, 5) is 34.8. The van der Waals surface area contributed by atoms with E-state index < -0.39 is 51.8 Å². The number of aliphatic hydroxyl groups is 2. The Balaban J connectivity index is 4.41. The van der Waals surface area contributed by atoms with Gasteiger partial charge >= 0.3 is 19.8 Å². The first kappa shape index (κ1) is 48.9. The average molecular weight is 743 g/mol. The zero-order chi connectivity index (χ0) is 37.7. The predicted molar refractivity (Wildman–Crippen MR) is 205 cm³/mol. The van der Waals surface area contributed by atoms with Crippen molar-refractivity contribution in [1.29, 1.82) is 0 Å². The monoisotopic (exact) mass is 742 g/mol. The molecule has 0 aliphatic carbocycles. The maximum absolute atomic E-state index is 12.6. The smallest absolute Gasteiger partial charge is 0.462 e. The lowest BCUT2D eigenvalue weighted by Crippen LogP contribution is -2.29. The maximum Gasteiger partial charge on any atom is 0.472 e. The number of allylic oxidation sites excluding steroid dienone is 8. The van der Waals surface area contributed by atoms with Crippen molar-refractivity contribution in [2.75, 3.05) is 26.4 Å². The van der Waals surface area contributed by atoms with Crippen molar-refractivity contribution in [2.24, 2.45) is 0 Å². The third-order valence-electron chi connectivity index (χ3n) is 7.97. The third-order valence-corrected chi connectivity index (χ3v) is 8.92. The van der Waals surface area contributed by atoms with Crippen LogP contribution in [0, 0.1) is 0 Å². The fraction of sp³-hybridized carbons (Fsp3) is 0.750. The number of esters is 2. The van der Waals surface area contributed by atoms with Gasteiger partial charge in [-0.2, -0.15) is 0 Å². The summed E-state index contributed by atoms with van der Waals surface area (Å²) < 4.78 is 32.6. The summed E-state index contributed by atoms with van der Waals surface area (Å²) in [6.45, 7) is 2.20. The van der Waals surface area contributed by atoms with E-state index in [1.54, 1.807) is 0 Å². The molecule has 0 aromatic rings. The van der Waals surface area contributed by atoms with Crippen LogP contribution in [0.4, 0.5) is 0 Å². The van der Waals surface area contributed by atoms with Crippen molar-refractivity contribution < 1.29 is 47.8 Å². The number of aliphatic hydroxyl groups excluding tert-OH is 2. The highest BCUT2D eigenvalue weighted by molar-refractivity contribution is 7.47. The van der Waals surface area contributed by atoms with E-state index in [2.05, 4.69) is 67.0 Å². The molecule has 0 rings (SSSR count). The molecule has 296 valence electrons. The zero-order valence-corrected chi connectivity index (χ0v) is 32.7. The number of hydrogen-bond donors (Lipinski definition) is 3. The lowest BCUT2D eigenvalue weighted by molar-refractivity contribution is -0.161. The largest absolute Gasteiger partial charge is 0.472 e. The molecule has 0 aliphatic rings. The molecular formula is C40H71O10P. The van der Waals surface area contributed by atoms with Crippen LogP contribution in [0.1, 0.15) is 155 Å². The van der Waals surface area contributed by atoms with Crippen LogP contribution in [-0.4, -0.2) is 65.7 Å². The minimum Gasteiger partial charge on any atom is -0.462 e. The van der Waals surface area contributed by atoms with Gasteiger partial charge in [-0.25, -0.2) is 4.57 Å². The van der Waals surface area contributed by atoms with Crippen LogP contribution < -0.4 is 0 Å². The number of phosphoric acid groups is 1. The quantitative estimate of drug-likeness (QED) is 0.0245. The zero-order valence-electron chi connectivity index (χ0n) is 31.8. The van der Waals surface area contributed by atoms with E-state index in [0.717, 1.165) is 89.9 Å². The minimum atomic E-state index is -4.62. The van der Waals surface area contributed by atoms with E-state index in [4.69, 9.17) is 19.1 Å². The molecule has 0 saturated heterocycles. The van der Waals surface area contributed by atoms with Crippen LogP contribution in [0.25, 0.3) is 0 Å². The van der Waals surface area contributed by atoms with Crippen molar-refractivity contribution in [3.63, 3.8) is 0 Å². The van der Waals surface area contributed by atoms with Crippen LogP contribution in [0.5, 0.6) is 0 Å². The van der Waals surface area contributed by atoms with Crippen molar-refractivity contribution in [3.8, 4) is 0 Å². The summed E-state index contributed by atoms with van der Waals surface area (Å²) in [6, 6.07) is 0. The van der Waals surface area contributed by atoms with E-state index >= 15 is 0 Å². The molecule has 0 spiro atoms. The summed E-state index contributed by atoms with van der Waals surface area (Å²) in [5, 5.41) is 18.3. The van der Waals surface area contributed by atoms with Gasteiger partial charge in [0.1, 0.15) is 12.7 Å². The van der Waals surface area contributed by atoms with Gasteiger partial charge in [0.2, 0.25) is 0 Å². The molecule has 51 heavy (non-hydrogen) atoms. The summed E-state index contributed by atoms with van der Waals surface area (Å²) in [6.07, 6.45) is 36.5. The van der Waals surface area contributed by atoms with Gasteiger partial charge in [0, 0.05) is 12.8 Å². The maximum atomic E-state index is 12.6. The fourth-order valence-electron chi connectivity index (χ4n) is 4.94. The van der Waals surface area contributed by atoms with E-state index in [-0.39, 0.29) is 19.4 Å². The molecule has 11 heteroatoms. The van der Waals surface area contributed by atoms with Gasteiger partial charge in [0.15, 0.2) is 6.10 Å². The minimum absolute atomic E-state index is 0.162. The standard InChI is InChI=1S/C40H71O10P/c1-3-5-7-9-11-13-15-17-18-20-22-24-26-28-30-32-40(44)50-38(36-49-51(45,46)48-34-37(42)33-41)35-47-39(43)31-29-27-25-23-21-19-16-14-12-10-8-6-4-2/h5,7,11,13-14,16-18,37-38,41-42H,3-4,6,8-10,12,15,19-36H2,1-2H3,(H,45,46)/b7-5-,13-11-,16-14-,18-17-. The van der Waals surface area contributed by atoms with Crippen LogP contribution in [0.15, 0.2) is 48.6 Å². The first-order valence-corrected chi connectivity index (χ1v) is 21.1. The van der Waals surface area contributed by atoms with Crippen molar-refractivity contribution in [1.82, 2.24) is 0 Å². The molecule has 10 nitrogen and oxygen atoms in total. The number of unbranched alkanes of at least 4 members (excludes halogenated alkanes) is 14. The SMILES string of the molecule is CC/C=C\C/C=C\C/C=C\CCCCCCCC(=O)OC(COC(=O)CCCCCCC/C=C\CCCCCC)COP(=O)(O)OCC(O)CO. The molecule has 3 N–H and O–H groups in total. The number of carbonyl (C=O) groups excluding carboxylic acids is 2. The molecular weight excluding hydrogens is 671 g/mol. The Labute approximate surface area is 309 Å². The molecule has 0 aromatic heterocycles. The highest BCUT2D eigenvalue weighted by Gasteiger charge is 2.27. The van der Waals surface area contributed by atoms with Crippen LogP contribution >= 0.6 is 7.82 Å². The number of phosphoric ester groups is 1. The summed E-state index contributed by atoms with van der Waals surface area (Å²) in [5.74, 6) is -0.959. The lowest BCUT2D eigenvalue weighted by Gasteiger charge is -2.20. The summed E-state index contributed by atoms with van der Waals surface area (Å²) >= 11 is 0. The Morgan fingerprint density at radius 3 is 1.65 bits per heavy atom. The van der Waals surface area contributed by atoms with Gasteiger partial charge in [-0.3, -0.25) is 18.6 Å². The second-order valence-corrected chi connectivity index (χ2v) is 14.4. The molecule has 3 atom stereocenters. The van der Waals surface area contributed by atoms with Crippen LogP contribution in [0.2, 0.25) is 0 Å². The molecule has 0 fully saturated rings. The number of hydrogen-bond acceptors (Lipinski definition) is 9. The Kier molecular flexibility index (Phi) is 34.8. The average Bonchev–Trinajstić information content (AvgIpc) is 3.12. The second-order valence-electron chi connectivity index (χ2n) is 12.9. The molecule has 3 unspecified atom stereocenters. The number of carbonyl (C=O) groups is 2. The Hall–Kier alpha value is -2.07. The van der Waals surface area contributed by atoms with Gasteiger partial charge in [-0.05, 0) is 70.6 Å². The van der Waals surface area contributed by atoms with Gasteiger partial charge in [0.25, 0.3) is 0 Å². The normalized spacial score (nSPS) is 14.5. The lowest BCUT2D eigenvalue weighted by atomic mass is 10.1. The van der Waals surface area contributed by atoms with Crippen molar-refractivity contribution in [3.05, 3.63) is 48.6 Å². The molecule has 0 saturated carbocycles. The molecule has 0 aliphatic heterocycles. The number of rotatable bonds is 36. The Morgan fingerprint density at radius 1 is 0.608 bits per heavy atom. The number of ether oxygens (including phenoxy) is 2. The highest BCUT2D eigenvalue weighted by atomic mass is 31.2. The molecule has 0 bridgehead atoms. The molecule has 0 amide bonds. The van der Waals surface area contributed by atoms with Gasteiger partial charge in [-0.1, -0.05) is 120 Å². The van der Waals surface area contributed by atoms with Gasteiger partial charge in [-0.15, -0.1) is 0 Å². The fourth-order valence-corrected chi connectivity index (χ4v) is 5.73. The van der Waals surface area contributed by atoms with Crippen LogP contribution in [-0.2, 0) is 32.7 Å². The van der Waals surface area contributed by atoms with E-state index in [1.807, 2.05) is 0 Å². The van der Waals surface area contributed by atoms with E-state index in [0.29, 0.717) is 12.8 Å². The van der Waals surface area contributed by atoms with E-state index in [1.165, 1.54) is 25.7 Å². The summed E-state index contributed by atoms with van der Waals surface area (Å²) in [7, 11) is -4.62. The Bertz CT molecular complexity index is 994. The molecule has 0 radical (unpaired) electrons. The topological polar surface area (TPSA) is 149 Å². The van der Waals surface area contributed by atoms with E-state index in [9.17, 15) is 24.2 Å². The van der Waals surface area contributed by atoms with Crippen molar-refractivity contribution in [2.45, 2.75) is 167 Å². The van der Waals surface area contributed by atoms with Crippen molar-refractivity contribution >= 4 is 19.8 Å². The second kappa shape index (κ2) is 36.3. The Morgan fingerprint density at radius 2 is 1.08 bits per heavy atom. The molecule has 0 aromatic carbocycles. The summed E-state index contributed by atoms with van der Waals surface area (Å²) in [5.41, 5.74) is 0.